The minimum absolute atomic E-state index is 0.0632. The maximum atomic E-state index is 12.4. The first-order valence-corrected chi connectivity index (χ1v) is 8.43. The van der Waals surface area contributed by atoms with Gasteiger partial charge in [0.25, 0.3) is 0 Å². The summed E-state index contributed by atoms with van der Waals surface area (Å²) in [4.78, 5) is 18.1. The van der Waals surface area contributed by atoms with E-state index in [0.29, 0.717) is 4.60 Å². The third-order valence-corrected chi connectivity index (χ3v) is 4.62. The molecule has 7 heteroatoms. The van der Waals surface area contributed by atoms with E-state index in [4.69, 9.17) is 0 Å². The van der Waals surface area contributed by atoms with Gasteiger partial charge in [-0.2, -0.15) is 5.10 Å². The molecule has 1 amide bonds. The largest absolute Gasteiger partial charge is 0.311 e. The summed E-state index contributed by atoms with van der Waals surface area (Å²) in [6, 6.07) is 3.76. The van der Waals surface area contributed by atoms with Crippen LogP contribution < -0.4 is 4.90 Å². The standard InChI is InChI=1S/C14H17BrN4OS/c1-4-21-10(2)14(20)18(3)12-9-19(17-13(12)15)11-6-5-7-16-8-11/h5-10H,4H2,1-3H3. The van der Waals surface area contributed by atoms with Crippen molar-refractivity contribution in [2.75, 3.05) is 17.7 Å². The molecule has 112 valence electrons. The molecule has 1 atom stereocenters. The lowest BCUT2D eigenvalue weighted by Crippen LogP contribution is -2.33. The molecule has 5 nitrogen and oxygen atoms in total. The van der Waals surface area contributed by atoms with Crippen molar-refractivity contribution in [3.05, 3.63) is 35.3 Å². The molecule has 0 N–H and O–H groups in total. The summed E-state index contributed by atoms with van der Waals surface area (Å²) in [5.41, 5.74) is 1.59. The first-order valence-electron chi connectivity index (χ1n) is 6.59. The zero-order valence-corrected chi connectivity index (χ0v) is 14.6. The number of amides is 1. The second-order valence-electron chi connectivity index (χ2n) is 4.46. The van der Waals surface area contributed by atoms with Crippen LogP contribution in [0, 0.1) is 0 Å². The highest BCUT2D eigenvalue weighted by molar-refractivity contribution is 9.10. The number of halogens is 1. The van der Waals surface area contributed by atoms with Crippen LogP contribution in [0.1, 0.15) is 13.8 Å². The van der Waals surface area contributed by atoms with Crippen LogP contribution in [-0.4, -0.2) is 38.7 Å². The van der Waals surface area contributed by atoms with Crippen LogP contribution in [0.4, 0.5) is 5.69 Å². The summed E-state index contributed by atoms with van der Waals surface area (Å²) in [6.07, 6.45) is 5.26. The molecule has 0 aliphatic carbocycles. The van der Waals surface area contributed by atoms with Crippen molar-refractivity contribution in [3.8, 4) is 5.69 Å². The van der Waals surface area contributed by atoms with E-state index in [9.17, 15) is 4.79 Å². The summed E-state index contributed by atoms with van der Waals surface area (Å²) in [7, 11) is 1.77. The number of thioether (sulfide) groups is 1. The number of anilines is 1. The van der Waals surface area contributed by atoms with E-state index >= 15 is 0 Å². The number of hydrogen-bond donors (Lipinski definition) is 0. The van der Waals surface area contributed by atoms with E-state index in [2.05, 4.69) is 26.0 Å². The fourth-order valence-corrected chi connectivity index (χ4v) is 3.24. The fraction of sp³-hybridized carbons (Fsp3) is 0.357. The van der Waals surface area contributed by atoms with Crippen molar-refractivity contribution in [1.29, 1.82) is 0 Å². The number of carbonyl (C=O) groups excluding carboxylic acids is 1. The lowest BCUT2D eigenvalue weighted by Gasteiger charge is -2.19. The van der Waals surface area contributed by atoms with Crippen molar-refractivity contribution in [2.45, 2.75) is 19.1 Å². The van der Waals surface area contributed by atoms with Crippen LogP contribution in [0.15, 0.2) is 35.3 Å². The molecule has 0 aliphatic heterocycles. The monoisotopic (exact) mass is 368 g/mol. The number of pyridine rings is 1. The van der Waals surface area contributed by atoms with Gasteiger partial charge < -0.3 is 4.90 Å². The van der Waals surface area contributed by atoms with E-state index in [-0.39, 0.29) is 11.2 Å². The van der Waals surface area contributed by atoms with Gasteiger partial charge in [-0.05, 0) is 40.7 Å². The molecule has 2 rings (SSSR count). The van der Waals surface area contributed by atoms with Gasteiger partial charge in [-0.1, -0.05) is 6.92 Å². The maximum Gasteiger partial charge on any atom is 0.239 e. The number of carbonyl (C=O) groups is 1. The molecule has 2 aromatic heterocycles. The number of aromatic nitrogens is 3. The average Bonchev–Trinajstić information content (AvgIpc) is 2.89. The van der Waals surface area contributed by atoms with Gasteiger partial charge in [0.1, 0.15) is 0 Å². The van der Waals surface area contributed by atoms with E-state index in [1.54, 1.807) is 40.8 Å². The molecule has 21 heavy (non-hydrogen) atoms. The van der Waals surface area contributed by atoms with Crippen LogP contribution in [0.3, 0.4) is 0 Å². The van der Waals surface area contributed by atoms with E-state index in [1.807, 2.05) is 32.2 Å². The molecule has 0 radical (unpaired) electrons. The van der Waals surface area contributed by atoms with Crippen LogP contribution in [0.5, 0.6) is 0 Å². The molecule has 2 aromatic rings. The molecule has 0 saturated heterocycles. The Morgan fingerprint density at radius 3 is 2.95 bits per heavy atom. The van der Waals surface area contributed by atoms with Gasteiger partial charge in [0.05, 0.1) is 29.0 Å². The van der Waals surface area contributed by atoms with E-state index in [0.717, 1.165) is 17.1 Å². The van der Waals surface area contributed by atoms with Crippen molar-refractivity contribution in [3.63, 3.8) is 0 Å². The first kappa shape index (κ1) is 16.0. The second kappa shape index (κ2) is 7.09. The average molecular weight is 369 g/mol. The van der Waals surface area contributed by atoms with Gasteiger partial charge >= 0.3 is 0 Å². The van der Waals surface area contributed by atoms with Gasteiger partial charge in [0, 0.05) is 13.2 Å². The second-order valence-corrected chi connectivity index (χ2v) is 6.82. The van der Waals surface area contributed by atoms with Gasteiger partial charge in [0.2, 0.25) is 5.91 Å². The molecular formula is C14H17BrN4OS. The molecule has 0 spiro atoms. The predicted molar refractivity (Wildman–Crippen MR) is 90.1 cm³/mol. The Balaban J connectivity index is 2.25. The van der Waals surface area contributed by atoms with Crippen molar-refractivity contribution < 1.29 is 4.79 Å². The third-order valence-electron chi connectivity index (χ3n) is 3.02. The zero-order valence-electron chi connectivity index (χ0n) is 12.2. The summed E-state index contributed by atoms with van der Waals surface area (Å²) >= 11 is 5.05. The Hall–Kier alpha value is -1.34. The summed E-state index contributed by atoms with van der Waals surface area (Å²) in [5, 5.41) is 4.31. The summed E-state index contributed by atoms with van der Waals surface area (Å²) in [6.45, 7) is 3.97. The zero-order chi connectivity index (χ0) is 15.4. The highest BCUT2D eigenvalue weighted by atomic mass is 79.9. The van der Waals surface area contributed by atoms with Crippen LogP contribution in [0.2, 0.25) is 0 Å². The third kappa shape index (κ3) is 3.65. The molecule has 0 aromatic carbocycles. The first-order chi connectivity index (χ1) is 10.0. The Bertz CT molecular complexity index is 617. The SMILES string of the molecule is CCSC(C)C(=O)N(C)c1cn(-c2cccnc2)nc1Br. The summed E-state index contributed by atoms with van der Waals surface area (Å²) in [5.74, 6) is 0.977. The highest BCUT2D eigenvalue weighted by Crippen LogP contribution is 2.27. The highest BCUT2D eigenvalue weighted by Gasteiger charge is 2.22. The smallest absolute Gasteiger partial charge is 0.239 e. The van der Waals surface area contributed by atoms with Crippen LogP contribution in [0.25, 0.3) is 5.69 Å². The van der Waals surface area contributed by atoms with Crippen LogP contribution >= 0.6 is 27.7 Å². The van der Waals surface area contributed by atoms with E-state index in [1.165, 1.54) is 0 Å². The normalized spacial score (nSPS) is 12.2. The van der Waals surface area contributed by atoms with Gasteiger partial charge in [-0.15, -0.1) is 11.8 Å². The van der Waals surface area contributed by atoms with Gasteiger partial charge in [-0.25, -0.2) is 4.68 Å². The predicted octanol–water partition coefficient (Wildman–Crippen LogP) is 3.13. The molecule has 1 unspecified atom stereocenters. The van der Waals surface area contributed by atoms with Crippen molar-refractivity contribution >= 4 is 39.3 Å². The van der Waals surface area contributed by atoms with Crippen LogP contribution in [-0.2, 0) is 4.79 Å². The lowest BCUT2D eigenvalue weighted by atomic mass is 10.3. The number of hydrogen-bond acceptors (Lipinski definition) is 4. The Morgan fingerprint density at radius 1 is 1.57 bits per heavy atom. The number of rotatable bonds is 5. The number of nitrogens with zero attached hydrogens (tertiary/aromatic N) is 4. The molecule has 0 aliphatic rings. The summed E-state index contributed by atoms with van der Waals surface area (Å²) < 4.78 is 2.34. The molecule has 2 heterocycles. The molecule has 0 fully saturated rings. The molecular weight excluding hydrogens is 352 g/mol. The Labute approximate surface area is 136 Å². The van der Waals surface area contributed by atoms with Gasteiger partial charge in [0.15, 0.2) is 4.60 Å². The Morgan fingerprint density at radius 2 is 2.33 bits per heavy atom. The van der Waals surface area contributed by atoms with Gasteiger partial charge in [-0.3, -0.25) is 9.78 Å². The van der Waals surface area contributed by atoms with Crippen molar-refractivity contribution in [1.82, 2.24) is 14.8 Å². The lowest BCUT2D eigenvalue weighted by molar-refractivity contribution is -0.117. The minimum Gasteiger partial charge on any atom is -0.311 e. The minimum atomic E-state index is -0.0753. The van der Waals surface area contributed by atoms with E-state index < -0.39 is 0 Å². The molecule has 0 bridgehead atoms. The quantitative estimate of drug-likeness (QED) is 0.813. The van der Waals surface area contributed by atoms with Crippen molar-refractivity contribution in [2.24, 2.45) is 0 Å². The topological polar surface area (TPSA) is 51.0 Å². The molecule has 0 saturated carbocycles. The fourth-order valence-electron chi connectivity index (χ4n) is 1.90. The Kier molecular flexibility index (Phi) is 5.41. The maximum absolute atomic E-state index is 12.4.